The van der Waals surface area contributed by atoms with Crippen LogP contribution in [0.3, 0.4) is 0 Å². The maximum absolute atomic E-state index is 12.5. The third kappa shape index (κ3) is 3.99. The van der Waals surface area contributed by atoms with E-state index in [1.54, 1.807) is 0 Å². The van der Waals surface area contributed by atoms with Gasteiger partial charge in [-0.15, -0.1) is 0 Å². The van der Waals surface area contributed by atoms with Crippen molar-refractivity contribution in [2.45, 2.75) is 17.8 Å². The lowest BCUT2D eigenvalue weighted by molar-refractivity contribution is -0.137. The zero-order valence-electron chi connectivity index (χ0n) is 10.5. The van der Waals surface area contributed by atoms with Gasteiger partial charge in [0.2, 0.25) is 5.09 Å². The average Bonchev–Trinajstić information content (AvgIpc) is 2.84. The molecular weight excluding hydrogens is 309 g/mol. The Kier molecular flexibility index (Phi) is 3.97. The molecule has 114 valence electrons. The SMILES string of the molecule is NS(=O)(=O)c1ccc(CNc2cccc(C(F)(F)F)c2)o1. The van der Waals surface area contributed by atoms with Gasteiger partial charge in [0.25, 0.3) is 10.0 Å². The summed E-state index contributed by atoms with van der Waals surface area (Å²) in [7, 11) is -3.93. The van der Waals surface area contributed by atoms with Crippen molar-refractivity contribution in [3.63, 3.8) is 0 Å². The van der Waals surface area contributed by atoms with Gasteiger partial charge >= 0.3 is 6.18 Å². The second-order valence-electron chi connectivity index (χ2n) is 4.20. The molecule has 0 aliphatic heterocycles. The first-order valence-electron chi connectivity index (χ1n) is 5.69. The first-order valence-corrected chi connectivity index (χ1v) is 7.23. The molecule has 21 heavy (non-hydrogen) atoms. The Labute approximate surface area is 118 Å². The predicted octanol–water partition coefficient (Wildman–Crippen LogP) is 2.56. The van der Waals surface area contributed by atoms with Crippen LogP contribution in [0.1, 0.15) is 11.3 Å². The lowest BCUT2D eigenvalue weighted by Crippen LogP contribution is -2.10. The molecule has 5 nitrogen and oxygen atoms in total. The van der Waals surface area contributed by atoms with Crippen LogP contribution in [0.4, 0.5) is 18.9 Å². The molecule has 0 aliphatic rings. The largest absolute Gasteiger partial charge is 0.446 e. The van der Waals surface area contributed by atoms with E-state index in [4.69, 9.17) is 9.56 Å². The smallest absolute Gasteiger partial charge is 0.416 e. The number of alkyl halides is 3. The Morgan fingerprint density at radius 3 is 2.48 bits per heavy atom. The van der Waals surface area contributed by atoms with E-state index < -0.39 is 26.9 Å². The van der Waals surface area contributed by atoms with Gasteiger partial charge in [0, 0.05) is 5.69 Å². The number of sulfonamides is 1. The van der Waals surface area contributed by atoms with Crippen molar-refractivity contribution < 1.29 is 26.0 Å². The van der Waals surface area contributed by atoms with Crippen molar-refractivity contribution in [2.24, 2.45) is 5.14 Å². The van der Waals surface area contributed by atoms with E-state index in [0.29, 0.717) is 0 Å². The third-order valence-corrected chi connectivity index (χ3v) is 3.35. The first-order chi connectivity index (χ1) is 9.66. The number of hydrogen-bond acceptors (Lipinski definition) is 4. The second-order valence-corrected chi connectivity index (χ2v) is 5.69. The van der Waals surface area contributed by atoms with Gasteiger partial charge in [-0.05, 0) is 30.3 Å². The van der Waals surface area contributed by atoms with Crippen LogP contribution in [-0.4, -0.2) is 8.42 Å². The highest BCUT2D eigenvalue weighted by molar-refractivity contribution is 7.89. The van der Waals surface area contributed by atoms with Crippen LogP contribution in [0.5, 0.6) is 0 Å². The minimum absolute atomic E-state index is 0.0246. The quantitative estimate of drug-likeness (QED) is 0.906. The van der Waals surface area contributed by atoms with E-state index in [1.165, 1.54) is 24.3 Å². The molecule has 0 saturated heterocycles. The summed E-state index contributed by atoms with van der Waals surface area (Å²) in [5.41, 5.74) is -0.546. The lowest BCUT2D eigenvalue weighted by Gasteiger charge is -2.09. The number of rotatable bonds is 4. The van der Waals surface area contributed by atoms with Gasteiger partial charge < -0.3 is 9.73 Å². The molecule has 0 radical (unpaired) electrons. The summed E-state index contributed by atoms with van der Waals surface area (Å²) >= 11 is 0. The molecule has 3 N–H and O–H groups in total. The highest BCUT2D eigenvalue weighted by Crippen LogP contribution is 2.30. The van der Waals surface area contributed by atoms with E-state index >= 15 is 0 Å². The topological polar surface area (TPSA) is 85.3 Å². The number of nitrogens with two attached hydrogens (primary N) is 1. The van der Waals surface area contributed by atoms with Gasteiger partial charge in [0.05, 0.1) is 12.1 Å². The van der Waals surface area contributed by atoms with E-state index in [9.17, 15) is 21.6 Å². The average molecular weight is 320 g/mol. The van der Waals surface area contributed by atoms with Crippen molar-refractivity contribution in [3.05, 3.63) is 47.7 Å². The summed E-state index contributed by atoms with van der Waals surface area (Å²) in [6.07, 6.45) is -4.43. The fraction of sp³-hybridized carbons (Fsp3) is 0.167. The molecule has 0 aliphatic carbocycles. The van der Waals surface area contributed by atoms with Gasteiger partial charge in [-0.25, -0.2) is 13.6 Å². The minimum Gasteiger partial charge on any atom is -0.446 e. The van der Waals surface area contributed by atoms with Gasteiger partial charge in [-0.3, -0.25) is 0 Å². The van der Waals surface area contributed by atoms with Crippen molar-refractivity contribution in [3.8, 4) is 0 Å². The molecule has 0 fully saturated rings. The summed E-state index contributed by atoms with van der Waals surface area (Å²) in [5.74, 6) is 0.233. The van der Waals surface area contributed by atoms with Crippen LogP contribution in [0.25, 0.3) is 0 Å². The zero-order valence-corrected chi connectivity index (χ0v) is 11.3. The van der Waals surface area contributed by atoms with Gasteiger partial charge in [0.15, 0.2) is 0 Å². The summed E-state index contributed by atoms with van der Waals surface area (Å²) in [4.78, 5) is 0. The fourth-order valence-corrected chi connectivity index (χ4v) is 2.08. The molecule has 1 aromatic heterocycles. The molecule has 2 aromatic rings. The Morgan fingerprint density at radius 1 is 1.19 bits per heavy atom. The summed E-state index contributed by atoms with van der Waals surface area (Å²) in [6.45, 7) is 0.0246. The van der Waals surface area contributed by atoms with E-state index in [-0.39, 0.29) is 18.0 Å². The monoisotopic (exact) mass is 320 g/mol. The maximum Gasteiger partial charge on any atom is 0.416 e. The number of benzene rings is 1. The molecule has 0 atom stereocenters. The maximum atomic E-state index is 12.5. The molecule has 1 aromatic carbocycles. The van der Waals surface area contributed by atoms with Crippen LogP contribution in [-0.2, 0) is 22.7 Å². The highest BCUT2D eigenvalue weighted by atomic mass is 32.2. The van der Waals surface area contributed by atoms with Crippen molar-refractivity contribution >= 4 is 15.7 Å². The molecular formula is C12H11F3N2O3S. The van der Waals surface area contributed by atoms with Crippen LogP contribution < -0.4 is 10.5 Å². The molecule has 0 unspecified atom stereocenters. The van der Waals surface area contributed by atoms with Crippen molar-refractivity contribution in [1.82, 2.24) is 0 Å². The Bertz CT molecular complexity index is 738. The summed E-state index contributed by atoms with van der Waals surface area (Å²) < 4.78 is 64.6. The Hall–Kier alpha value is -2.00. The number of primary sulfonamides is 1. The second kappa shape index (κ2) is 5.41. The number of furan rings is 1. The van der Waals surface area contributed by atoms with E-state index in [2.05, 4.69) is 5.32 Å². The predicted molar refractivity (Wildman–Crippen MR) is 68.9 cm³/mol. The summed E-state index contributed by atoms with van der Waals surface area (Å²) in [6, 6.07) is 7.18. The highest BCUT2D eigenvalue weighted by Gasteiger charge is 2.30. The standard InChI is InChI=1S/C12H11F3N2O3S/c13-12(14,15)8-2-1-3-9(6-8)17-7-10-4-5-11(20-10)21(16,18)19/h1-6,17H,7H2,(H2,16,18,19). The van der Waals surface area contributed by atoms with Gasteiger partial charge in [-0.2, -0.15) is 13.2 Å². The number of hydrogen-bond donors (Lipinski definition) is 2. The zero-order chi connectivity index (χ0) is 15.7. The number of halogens is 3. The Balaban J connectivity index is 2.08. The minimum atomic E-state index is -4.43. The van der Waals surface area contributed by atoms with Crippen molar-refractivity contribution in [1.29, 1.82) is 0 Å². The number of anilines is 1. The first kappa shape index (κ1) is 15.4. The third-order valence-electron chi connectivity index (χ3n) is 2.57. The van der Waals surface area contributed by atoms with Crippen molar-refractivity contribution in [2.75, 3.05) is 5.32 Å². The Morgan fingerprint density at radius 2 is 1.90 bits per heavy atom. The molecule has 2 rings (SSSR count). The van der Waals surface area contributed by atoms with Crippen LogP contribution in [0, 0.1) is 0 Å². The van der Waals surface area contributed by atoms with Gasteiger partial charge in [-0.1, -0.05) is 6.07 Å². The molecule has 0 spiro atoms. The van der Waals surface area contributed by atoms with Crippen LogP contribution >= 0.6 is 0 Å². The van der Waals surface area contributed by atoms with E-state index in [0.717, 1.165) is 12.1 Å². The molecule has 1 heterocycles. The normalized spacial score (nSPS) is 12.4. The van der Waals surface area contributed by atoms with Crippen LogP contribution in [0.2, 0.25) is 0 Å². The molecule has 9 heteroatoms. The van der Waals surface area contributed by atoms with E-state index in [1.807, 2.05) is 0 Å². The van der Waals surface area contributed by atoms with Gasteiger partial charge in [0.1, 0.15) is 5.76 Å². The van der Waals surface area contributed by atoms with Crippen LogP contribution in [0.15, 0.2) is 45.9 Å². The molecule has 0 bridgehead atoms. The fourth-order valence-electron chi connectivity index (χ4n) is 1.60. The molecule has 0 amide bonds. The lowest BCUT2D eigenvalue weighted by atomic mass is 10.2. The number of nitrogens with one attached hydrogen (secondary N) is 1. The summed E-state index contributed by atoms with van der Waals surface area (Å²) in [5, 5.41) is 7.19. The molecule has 0 saturated carbocycles.